The highest BCUT2D eigenvalue weighted by molar-refractivity contribution is 5.97. The van der Waals surface area contributed by atoms with Crippen molar-refractivity contribution in [3.8, 4) is 22.5 Å². The summed E-state index contributed by atoms with van der Waals surface area (Å²) in [5.74, 6) is -2.04. The van der Waals surface area contributed by atoms with Gasteiger partial charge in [-0.3, -0.25) is 0 Å². The number of hydrogen-bond acceptors (Lipinski definition) is 2. The smallest absolute Gasteiger partial charge is 0.337 e. The Balaban J connectivity index is 1.72. The van der Waals surface area contributed by atoms with E-state index in [0.29, 0.717) is 16.9 Å². The van der Waals surface area contributed by atoms with Crippen molar-refractivity contribution in [2.75, 3.05) is 0 Å². The van der Waals surface area contributed by atoms with Gasteiger partial charge in [-0.2, -0.15) is 0 Å². The standard InChI is InChI=1S/C32H30N2O4/c1-17-18(2)20(4)33(19(17)3)30-16-24(11-13-27(30)31(35)36)23-12-14-29(28(15-23)32(37)38)34-21(5)25-9-7-8-10-26(25)22(34)6/h7-16H,1-6H3,(H,35,36)(H,37,38). The van der Waals surface area contributed by atoms with E-state index in [9.17, 15) is 19.8 Å². The first kappa shape index (κ1) is 25.1. The molecule has 0 amide bonds. The molecule has 5 rings (SSSR count). The fourth-order valence-electron chi connectivity index (χ4n) is 5.62. The molecular formula is C32H30N2O4. The molecule has 192 valence electrons. The van der Waals surface area contributed by atoms with E-state index >= 15 is 0 Å². The highest BCUT2D eigenvalue weighted by Gasteiger charge is 2.21. The molecule has 0 fully saturated rings. The van der Waals surface area contributed by atoms with E-state index in [1.54, 1.807) is 18.2 Å². The Morgan fingerprint density at radius 3 is 1.55 bits per heavy atom. The lowest BCUT2D eigenvalue weighted by atomic mass is 9.99. The summed E-state index contributed by atoms with van der Waals surface area (Å²) in [5, 5.41) is 22.3. The zero-order chi connectivity index (χ0) is 27.5. The van der Waals surface area contributed by atoms with Crippen molar-refractivity contribution in [2.45, 2.75) is 41.5 Å². The van der Waals surface area contributed by atoms with Crippen LogP contribution in [0.15, 0.2) is 60.7 Å². The van der Waals surface area contributed by atoms with Crippen LogP contribution >= 0.6 is 0 Å². The van der Waals surface area contributed by atoms with E-state index in [2.05, 4.69) is 0 Å². The summed E-state index contributed by atoms with van der Waals surface area (Å²) in [6.07, 6.45) is 0. The quantitative estimate of drug-likeness (QED) is 0.261. The average Bonchev–Trinajstić information content (AvgIpc) is 3.27. The number of aryl methyl sites for hydroxylation is 2. The third-order valence-corrected chi connectivity index (χ3v) is 7.97. The number of carboxylic acid groups (broad SMARTS) is 2. The number of carboxylic acids is 2. The predicted octanol–water partition coefficient (Wildman–Crippen LogP) is 7.34. The lowest BCUT2D eigenvalue weighted by molar-refractivity contribution is 0.0686. The van der Waals surface area contributed by atoms with Crippen LogP contribution in [0.3, 0.4) is 0 Å². The third-order valence-electron chi connectivity index (χ3n) is 7.97. The van der Waals surface area contributed by atoms with Crippen molar-refractivity contribution in [1.82, 2.24) is 9.13 Å². The summed E-state index contributed by atoms with van der Waals surface area (Å²) in [6.45, 7) is 12.0. The van der Waals surface area contributed by atoms with Crippen molar-refractivity contribution < 1.29 is 19.8 Å². The van der Waals surface area contributed by atoms with Crippen LogP contribution in [0.2, 0.25) is 0 Å². The second-order valence-corrected chi connectivity index (χ2v) is 9.88. The van der Waals surface area contributed by atoms with Crippen molar-refractivity contribution in [3.05, 3.63) is 106 Å². The number of hydrogen-bond donors (Lipinski definition) is 2. The molecule has 6 nitrogen and oxygen atoms in total. The summed E-state index contributed by atoms with van der Waals surface area (Å²) in [5.41, 5.74) is 9.12. The van der Waals surface area contributed by atoms with Crippen LogP contribution in [-0.4, -0.2) is 31.3 Å². The van der Waals surface area contributed by atoms with Crippen LogP contribution in [0.1, 0.15) is 54.6 Å². The second-order valence-electron chi connectivity index (χ2n) is 9.88. The van der Waals surface area contributed by atoms with Crippen LogP contribution in [0, 0.1) is 41.5 Å². The van der Waals surface area contributed by atoms with Gasteiger partial charge in [0.2, 0.25) is 0 Å². The number of carbonyl (C=O) groups is 2. The number of aromatic nitrogens is 2. The predicted molar refractivity (Wildman–Crippen MR) is 150 cm³/mol. The Hall–Kier alpha value is -4.58. The van der Waals surface area contributed by atoms with E-state index in [-0.39, 0.29) is 11.1 Å². The lowest BCUT2D eigenvalue weighted by Gasteiger charge is -2.17. The van der Waals surface area contributed by atoms with Crippen LogP contribution in [0.4, 0.5) is 0 Å². The fourth-order valence-corrected chi connectivity index (χ4v) is 5.62. The van der Waals surface area contributed by atoms with Gasteiger partial charge < -0.3 is 19.3 Å². The Morgan fingerprint density at radius 1 is 0.553 bits per heavy atom. The number of nitrogens with zero attached hydrogens (tertiary/aromatic N) is 2. The van der Waals surface area contributed by atoms with Crippen LogP contribution in [0.25, 0.3) is 33.3 Å². The molecule has 2 aromatic heterocycles. The molecule has 0 saturated heterocycles. The number of aromatic carboxylic acids is 2. The van der Waals surface area contributed by atoms with Crippen LogP contribution < -0.4 is 0 Å². The normalized spacial score (nSPS) is 11.3. The van der Waals surface area contributed by atoms with Gasteiger partial charge in [0.1, 0.15) is 0 Å². The molecule has 2 N–H and O–H groups in total. The fraction of sp³-hybridized carbons (Fsp3) is 0.188. The largest absolute Gasteiger partial charge is 0.478 e. The minimum absolute atomic E-state index is 0.179. The molecule has 0 aliphatic heterocycles. The Morgan fingerprint density at radius 2 is 1.03 bits per heavy atom. The molecule has 0 bridgehead atoms. The van der Waals surface area contributed by atoms with Crippen LogP contribution in [-0.2, 0) is 0 Å². The van der Waals surface area contributed by atoms with Crippen molar-refractivity contribution in [1.29, 1.82) is 0 Å². The van der Waals surface area contributed by atoms with Crippen LogP contribution in [0.5, 0.6) is 0 Å². The van der Waals surface area contributed by atoms with E-state index in [4.69, 9.17) is 0 Å². The molecule has 2 heterocycles. The molecule has 0 aliphatic rings. The topological polar surface area (TPSA) is 84.5 Å². The minimum atomic E-state index is -1.02. The average molecular weight is 507 g/mol. The first-order chi connectivity index (χ1) is 18.0. The molecule has 0 aliphatic carbocycles. The van der Waals surface area contributed by atoms with Gasteiger partial charge in [0.15, 0.2) is 0 Å². The second kappa shape index (κ2) is 9.06. The number of fused-ring (bicyclic) bond motifs is 1. The van der Waals surface area contributed by atoms with Crippen molar-refractivity contribution >= 4 is 22.7 Å². The van der Waals surface area contributed by atoms with Gasteiger partial charge in [0.05, 0.1) is 22.5 Å². The van der Waals surface area contributed by atoms with E-state index in [1.165, 1.54) is 0 Å². The van der Waals surface area contributed by atoms with Gasteiger partial charge in [0, 0.05) is 33.5 Å². The molecule has 0 spiro atoms. The first-order valence-electron chi connectivity index (χ1n) is 12.5. The SMILES string of the molecule is Cc1c(C)c(C)n(-c2cc(-c3ccc(-n4c(C)c5ccccc5c4C)c(C(=O)O)c3)ccc2C(=O)O)c1C. The van der Waals surface area contributed by atoms with Gasteiger partial charge in [-0.1, -0.05) is 36.4 Å². The number of benzene rings is 3. The maximum Gasteiger partial charge on any atom is 0.337 e. The summed E-state index contributed by atoms with van der Waals surface area (Å²) in [4.78, 5) is 24.6. The maximum absolute atomic E-state index is 12.5. The van der Waals surface area contributed by atoms with Gasteiger partial charge in [-0.05, 0) is 88.1 Å². The highest BCUT2D eigenvalue weighted by atomic mass is 16.4. The molecule has 6 heteroatoms. The van der Waals surface area contributed by atoms with Crippen molar-refractivity contribution in [3.63, 3.8) is 0 Å². The molecule has 3 aromatic carbocycles. The summed E-state index contributed by atoms with van der Waals surface area (Å²) in [6, 6.07) is 18.6. The summed E-state index contributed by atoms with van der Waals surface area (Å²) < 4.78 is 3.97. The molecule has 0 atom stereocenters. The molecular weight excluding hydrogens is 476 g/mol. The van der Waals surface area contributed by atoms with Crippen molar-refractivity contribution in [2.24, 2.45) is 0 Å². The van der Waals surface area contributed by atoms with Gasteiger partial charge in [0.25, 0.3) is 0 Å². The molecule has 0 saturated carbocycles. The lowest BCUT2D eigenvalue weighted by Crippen LogP contribution is -2.09. The van der Waals surface area contributed by atoms with E-state index in [0.717, 1.165) is 50.2 Å². The molecule has 38 heavy (non-hydrogen) atoms. The first-order valence-corrected chi connectivity index (χ1v) is 12.5. The van der Waals surface area contributed by atoms with Gasteiger partial charge in [-0.25, -0.2) is 9.59 Å². The maximum atomic E-state index is 12.5. The Labute approximate surface area is 221 Å². The Kier molecular flexibility index (Phi) is 5.98. The zero-order valence-corrected chi connectivity index (χ0v) is 22.4. The highest BCUT2D eigenvalue weighted by Crippen LogP contribution is 2.34. The monoisotopic (exact) mass is 506 g/mol. The molecule has 0 radical (unpaired) electrons. The summed E-state index contributed by atoms with van der Waals surface area (Å²) in [7, 11) is 0. The zero-order valence-electron chi connectivity index (χ0n) is 22.4. The Bertz CT molecular complexity index is 1720. The third kappa shape index (κ3) is 3.72. The van der Waals surface area contributed by atoms with Gasteiger partial charge >= 0.3 is 11.9 Å². The van der Waals surface area contributed by atoms with Gasteiger partial charge in [-0.15, -0.1) is 0 Å². The molecule has 5 aromatic rings. The van der Waals surface area contributed by atoms with E-state index in [1.807, 2.05) is 93.1 Å². The van der Waals surface area contributed by atoms with E-state index < -0.39 is 11.9 Å². The minimum Gasteiger partial charge on any atom is -0.478 e. The summed E-state index contributed by atoms with van der Waals surface area (Å²) >= 11 is 0. The molecule has 0 unspecified atom stereocenters. The number of rotatable bonds is 5.